The first-order valence-corrected chi connectivity index (χ1v) is 4.61. The van der Waals surface area contributed by atoms with E-state index in [0.29, 0.717) is 5.56 Å². The second-order valence-electron chi connectivity index (χ2n) is 2.68. The fourth-order valence-corrected chi connectivity index (χ4v) is 1.74. The molecule has 4 nitrogen and oxygen atoms in total. The molecule has 0 saturated heterocycles. The summed E-state index contributed by atoms with van der Waals surface area (Å²) in [4.78, 5) is 9.96. The highest BCUT2D eigenvalue weighted by Crippen LogP contribution is 2.37. The van der Waals surface area contributed by atoms with Gasteiger partial charge < -0.3 is 4.74 Å². The molecule has 82 valence electrons. The van der Waals surface area contributed by atoms with Gasteiger partial charge in [0.1, 0.15) is 10.2 Å². The summed E-state index contributed by atoms with van der Waals surface area (Å²) < 4.78 is 27.9. The quantitative estimate of drug-likeness (QED) is 0.631. The Hall–Kier alpha value is -1.24. The second-order valence-corrected chi connectivity index (χ2v) is 3.47. The molecule has 0 bridgehead atoms. The summed E-state index contributed by atoms with van der Waals surface area (Å²) in [5.41, 5.74) is 0.0987. The minimum atomic E-state index is -3.01. The van der Waals surface area contributed by atoms with Gasteiger partial charge in [-0.1, -0.05) is 0 Å². The number of benzene rings is 1. The number of halogens is 3. The maximum absolute atomic E-state index is 11.9. The van der Waals surface area contributed by atoms with E-state index in [4.69, 9.17) is 0 Å². The summed E-state index contributed by atoms with van der Waals surface area (Å²) in [7, 11) is 0. The van der Waals surface area contributed by atoms with Crippen LogP contribution in [0.4, 0.5) is 14.5 Å². The third-order valence-electron chi connectivity index (χ3n) is 1.68. The topological polar surface area (TPSA) is 52.4 Å². The molecule has 0 aromatic heterocycles. The molecular formula is C8H6BrF2NO3. The van der Waals surface area contributed by atoms with Gasteiger partial charge in [-0.2, -0.15) is 8.78 Å². The van der Waals surface area contributed by atoms with Crippen molar-refractivity contribution in [1.29, 1.82) is 0 Å². The van der Waals surface area contributed by atoms with Gasteiger partial charge in [0, 0.05) is 5.56 Å². The number of nitrogens with zero attached hydrogens (tertiary/aromatic N) is 1. The summed E-state index contributed by atoms with van der Waals surface area (Å²) in [6, 6.07) is 2.60. The first kappa shape index (κ1) is 11.8. The van der Waals surface area contributed by atoms with Gasteiger partial charge in [0.2, 0.25) is 0 Å². The standard InChI is InChI=1S/C8H6BrF2NO3/c1-4-2-3-5(15-8(10)11)6(9)7(4)12(13)14/h2-3,8H,1H3. The Morgan fingerprint density at radius 3 is 2.60 bits per heavy atom. The van der Waals surface area contributed by atoms with Crippen LogP contribution in [0.15, 0.2) is 16.6 Å². The van der Waals surface area contributed by atoms with Crippen LogP contribution in [0.3, 0.4) is 0 Å². The SMILES string of the molecule is Cc1ccc(OC(F)F)c(Br)c1[N+](=O)[O-]. The van der Waals surface area contributed by atoms with Crippen molar-refractivity contribution < 1.29 is 18.4 Å². The Bertz CT molecular complexity index is 398. The van der Waals surface area contributed by atoms with E-state index in [-0.39, 0.29) is 15.9 Å². The third-order valence-corrected chi connectivity index (χ3v) is 2.45. The minimum Gasteiger partial charge on any atom is -0.433 e. The van der Waals surface area contributed by atoms with Gasteiger partial charge in [0.25, 0.3) is 5.69 Å². The molecule has 1 aromatic carbocycles. The normalized spacial score (nSPS) is 10.5. The average molecular weight is 282 g/mol. The van der Waals surface area contributed by atoms with Crippen LogP contribution in [0.1, 0.15) is 5.56 Å². The first-order chi connectivity index (χ1) is 6.93. The van der Waals surface area contributed by atoms with E-state index >= 15 is 0 Å². The van der Waals surface area contributed by atoms with Crippen LogP contribution in [0.5, 0.6) is 5.75 Å². The zero-order valence-electron chi connectivity index (χ0n) is 7.54. The van der Waals surface area contributed by atoms with Crippen molar-refractivity contribution in [3.63, 3.8) is 0 Å². The summed E-state index contributed by atoms with van der Waals surface area (Å²) >= 11 is 2.86. The number of alkyl halides is 2. The monoisotopic (exact) mass is 281 g/mol. The maximum Gasteiger partial charge on any atom is 0.387 e. The Balaban J connectivity index is 3.22. The Kier molecular flexibility index (Phi) is 3.57. The molecule has 0 radical (unpaired) electrons. The van der Waals surface area contributed by atoms with E-state index in [1.807, 2.05) is 0 Å². The van der Waals surface area contributed by atoms with Crippen molar-refractivity contribution in [3.05, 3.63) is 32.3 Å². The minimum absolute atomic E-state index is 0.0761. The van der Waals surface area contributed by atoms with Crippen molar-refractivity contribution in [2.45, 2.75) is 13.5 Å². The highest BCUT2D eigenvalue weighted by Gasteiger charge is 2.21. The van der Waals surface area contributed by atoms with Gasteiger partial charge in [0.05, 0.1) is 4.92 Å². The molecule has 0 N–H and O–H groups in total. The number of aryl methyl sites for hydroxylation is 1. The molecule has 0 amide bonds. The predicted molar refractivity (Wildman–Crippen MR) is 52.2 cm³/mol. The van der Waals surface area contributed by atoms with Crippen molar-refractivity contribution in [2.24, 2.45) is 0 Å². The Morgan fingerprint density at radius 1 is 1.53 bits per heavy atom. The van der Waals surface area contributed by atoms with E-state index in [1.54, 1.807) is 0 Å². The molecule has 0 spiro atoms. The van der Waals surface area contributed by atoms with Gasteiger partial charge in [-0.05, 0) is 35.0 Å². The lowest BCUT2D eigenvalue weighted by molar-refractivity contribution is -0.386. The number of rotatable bonds is 3. The van der Waals surface area contributed by atoms with Crippen molar-refractivity contribution in [3.8, 4) is 5.75 Å². The van der Waals surface area contributed by atoms with Gasteiger partial charge in [-0.25, -0.2) is 0 Å². The van der Waals surface area contributed by atoms with Crippen molar-refractivity contribution >= 4 is 21.6 Å². The van der Waals surface area contributed by atoms with Crippen LogP contribution >= 0.6 is 15.9 Å². The molecule has 0 unspecified atom stereocenters. The lowest BCUT2D eigenvalue weighted by Crippen LogP contribution is -2.04. The molecular weight excluding hydrogens is 276 g/mol. The summed E-state index contributed by atoms with van der Waals surface area (Å²) in [6.45, 7) is -1.50. The smallest absolute Gasteiger partial charge is 0.387 e. The molecule has 0 saturated carbocycles. The molecule has 0 atom stereocenters. The summed E-state index contributed by atoms with van der Waals surface area (Å²) in [5.74, 6) is -0.248. The Labute approximate surface area is 92.1 Å². The van der Waals surface area contributed by atoms with Crippen LogP contribution < -0.4 is 4.74 Å². The molecule has 0 aliphatic heterocycles. The van der Waals surface area contributed by atoms with Crippen LogP contribution in [-0.2, 0) is 0 Å². The van der Waals surface area contributed by atoms with Crippen LogP contribution in [-0.4, -0.2) is 11.5 Å². The maximum atomic E-state index is 11.9. The van der Waals surface area contributed by atoms with Gasteiger partial charge >= 0.3 is 6.61 Å². The highest BCUT2D eigenvalue weighted by atomic mass is 79.9. The number of ether oxygens (including phenoxy) is 1. The molecule has 1 aromatic rings. The molecule has 0 fully saturated rings. The van der Waals surface area contributed by atoms with Crippen molar-refractivity contribution in [2.75, 3.05) is 0 Å². The molecule has 15 heavy (non-hydrogen) atoms. The zero-order chi connectivity index (χ0) is 11.6. The van der Waals surface area contributed by atoms with E-state index in [9.17, 15) is 18.9 Å². The lowest BCUT2D eigenvalue weighted by atomic mass is 10.2. The molecule has 7 heteroatoms. The predicted octanol–water partition coefficient (Wildman–Crippen LogP) is 3.27. The van der Waals surface area contributed by atoms with Gasteiger partial charge in [-0.15, -0.1) is 0 Å². The van der Waals surface area contributed by atoms with Crippen molar-refractivity contribution in [1.82, 2.24) is 0 Å². The Morgan fingerprint density at radius 2 is 2.13 bits per heavy atom. The fraction of sp³-hybridized carbons (Fsp3) is 0.250. The van der Waals surface area contributed by atoms with Crippen LogP contribution in [0, 0.1) is 17.0 Å². The zero-order valence-corrected chi connectivity index (χ0v) is 9.12. The number of hydrogen-bond acceptors (Lipinski definition) is 3. The summed E-state index contributed by atoms with van der Waals surface area (Å²) in [5, 5.41) is 10.6. The second kappa shape index (κ2) is 4.52. The van der Waals surface area contributed by atoms with Gasteiger partial charge in [0.15, 0.2) is 0 Å². The first-order valence-electron chi connectivity index (χ1n) is 3.81. The fourth-order valence-electron chi connectivity index (χ4n) is 1.05. The van der Waals surface area contributed by atoms with E-state index in [2.05, 4.69) is 20.7 Å². The van der Waals surface area contributed by atoms with Crippen LogP contribution in [0.2, 0.25) is 0 Å². The largest absolute Gasteiger partial charge is 0.433 e. The molecule has 0 aliphatic carbocycles. The number of hydrogen-bond donors (Lipinski definition) is 0. The molecule has 0 heterocycles. The van der Waals surface area contributed by atoms with E-state index < -0.39 is 11.5 Å². The van der Waals surface area contributed by atoms with E-state index in [1.165, 1.54) is 19.1 Å². The van der Waals surface area contributed by atoms with Gasteiger partial charge in [-0.3, -0.25) is 10.1 Å². The number of nitro benzene ring substituents is 1. The number of nitro groups is 1. The molecule has 1 rings (SSSR count). The average Bonchev–Trinajstić information content (AvgIpc) is 2.09. The molecule has 0 aliphatic rings. The lowest BCUT2D eigenvalue weighted by Gasteiger charge is -2.07. The highest BCUT2D eigenvalue weighted by molar-refractivity contribution is 9.10. The van der Waals surface area contributed by atoms with E-state index in [0.717, 1.165) is 0 Å². The van der Waals surface area contributed by atoms with Crippen LogP contribution in [0.25, 0.3) is 0 Å². The third kappa shape index (κ3) is 2.62. The summed E-state index contributed by atoms with van der Waals surface area (Å²) in [6.07, 6.45) is 0.